The zero-order valence-corrected chi connectivity index (χ0v) is 18.8. The Bertz CT molecular complexity index is 1320. The number of rotatable bonds is 4. The maximum atomic E-state index is 12.6. The van der Waals surface area contributed by atoms with Crippen LogP contribution in [0.2, 0.25) is 5.02 Å². The number of benzene rings is 2. The van der Waals surface area contributed by atoms with Crippen LogP contribution in [0.25, 0.3) is 17.0 Å². The van der Waals surface area contributed by atoms with Gasteiger partial charge >= 0.3 is 5.97 Å². The summed E-state index contributed by atoms with van der Waals surface area (Å²) in [6, 6.07) is 13.6. The van der Waals surface area contributed by atoms with Gasteiger partial charge in [0, 0.05) is 29.2 Å². The van der Waals surface area contributed by atoms with Gasteiger partial charge in [0.15, 0.2) is 11.5 Å². The van der Waals surface area contributed by atoms with Gasteiger partial charge in [-0.15, -0.1) is 5.10 Å². The summed E-state index contributed by atoms with van der Waals surface area (Å²) in [4.78, 5) is 28.2. The number of hydrogen-bond donors (Lipinski definition) is 2. The number of esters is 1. The molecule has 0 unspecified atom stereocenters. The Labute approximate surface area is 189 Å². The van der Waals surface area contributed by atoms with Gasteiger partial charge in [-0.25, -0.2) is 4.98 Å². The van der Waals surface area contributed by atoms with Gasteiger partial charge in [0.25, 0.3) is 5.91 Å². The van der Waals surface area contributed by atoms with E-state index < -0.39 is 5.97 Å². The summed E-state index contributed by atoms with van der Waals surface area (Å²) in [7, 11) is 0. The fraction of sp³-hybridized carbons (Fsp3) is 0.217. The number of aromatic nitrogens is 4. The second-order valence-electron chi connectivity index (χ2n) is 8.37. The van der Waals surface area contributed by atoms with Crippen LogP contribution in [0.15, 0.2) is 48.5 Å². The van der Waals surface area contributed by atoms with E-state index in [-0.39, 0.29) is 11.3 Å². The molecule has 2 aromatic carbocycles. The number of amides is 1. The molecule has 9 heteroatoms. The normalized spacial score (nSPS) is 11.5. The van der Waals surface area contributed by atoms with Crippen molar-refractivity contribution < 1.29 is 14.3 Å². The van der Waals surface area contributed by atoms with Gasteiger partial charge in [-0.2, -0.15) is 4.63 Å². The highest BCUT2D eigenvalue weighted by Gasteiger charge is 2.24. The summed E-state index contributed by atoms with van der Waals surface area (Å²) in [6.07, 6.45) is 0. The van der Waals surface area contributed by atoms with Crippen LogP contribution >= 0.6 is 11.6 Å². The SMILES string of the molecule is CC(=O)Oc1ccc(C(=O)Nc2cccc(-c3nc4c(Cl)c(C(C)(C)C)[nH]n4n3)c2)cc1. The molecule has 0 saturated carbocycles. The van der Waals surface area contributed by atoms with Gasteiger partial charge in [0.05, 0.1) is 5.69 Å². The van der Waals surface area contributed by atoms with E-state index in [9.17, 15) is 9.59 Å². The van der Waals surface area contributed by atoms with Crippen LogP contribution in [-0.2, 0) is 10.2 Å². The van der Waals surface area contributed by atoms with Crippen molar-refractivity contribution in [2.75, 3.05) is 5.32 Å². The predicted molar refractivity (Wildman–Crippen MR) is 122 cm³/mol. The monoisotopic (exact) mass is 451 g/mol. The minimum atomic E-state index is -0.417. The third-order valence-electron chi connectivity index (χ3n) is 4.75. The van der Waals surface area contributed by atoms with E-state index in [0.29, 0.717) is 33.5 Å². The zero-order chi connectivity index (χ0) is 23.0. The molecule has 2 N–H and O–H groups in total. The largest absolute Gasteiger partial charge is 0.427 e. The molecular weight excluding hydrogens is 430 g/mol. The summed E-state index contributed by atoms with van der Waals surface area (Å²) in [6.45, 7) is 7.49. The third kappa shape index (κ3) is 4.36. The van der Waals surface area contributed by atoms with Gasteiger partial charge in [0.2, 0.25) is 0 Å². The average molecular weight is 452 g/mol. The van der Waals surface area contributed by atoms with Crippen molar-refractivity contribution in [3.05, 3.63) is 64.8 Å². The van der Waals surface area contributed by atoms with E-state index in [0.717, 1.165) is 11.3 Å². The number of halogens is 1. The molecule has 0 aliphatic rings. The Morgan fingerprint density at radius 1 is 1.12 bits per heavy atom. The quantitative estimate of drug-likeness (QED) is 0.341. The average Bonchev–Trinajstić information content (AvgIpc) is 3.28. The molecule has 0 bridgehead atoms. The molecule has 164 valence electrons. The Hall–Kier alpha value is -3.65. The van der Waals surface area contributed by atoms with Gasteiger partial charge in [-0.3, -0.25) is 14.7 Å². The number of carbonyl (C=O) groups excluding carboxylic acids is 2. The van der Waals surface area contributed by atoms with Crippen molar-refractivity contribution in [3.63, 3.8) is 0 Å². The number of aromatic amines is 1. The lowest BCUT2D eigenvalue weighted by molar-refractivity contribution is -0.131. The Morgan fingerprint density at radius 2 is 1.84 bits per heavy atom. The Kier molecular flexibility index (Phi) is 5.48. The highest BCUT2D eigenvalue weighted by molar-refractivity contribution is 6.34. The fourth-order valence-electron chi connectivity index (χ4n) is 3.20. The van der Waals surface area contributed by atoms with Crippen molar-refractivity contribution >= 4 is 34.8 Å². The van der Waals surface area contributed by atoms with E-state index in [2.05, 4.69) is 41.3 Å². The molecule has 1 amide bonds. The summed E-state index contributed by atoms with van der Waals surface area (Å²) in [5.74, 6) is 0.158. The summed E-state index contributed by atoms with van der Waals surface area (Å²) in [5.41, 5.74) is 3.01. The minimum Gasteiger partial charge on any atom is -0.427 e. The van der Waals surface area contributed by atoms with Crippen molar-refractivity contribution in [2.45, 2.75) is 33.1 Å². The van der Waals surface area contributed by atoms with Crippen LogP contribution in [0, 0.1) is 0 Å². The first-order valence-electron chi connectivity index (χ1n) is 9.97. The number of anilines is 1. The third-order valence-corrected chi connectivity index (χ3v) is 5.11. The van der Waals surface area contributed by atoms with Crippen LogP contribution in [0.5, 0.6) is 5.75 Å². The summed E-state index contributed by atoms with van der Waals surface area (Å²) >= 11 is 6.51. The molecule has 0 radical (unpaired) electrons. The van der Waals surface area contributed by atoms with Crippen LogP contribution in [0.4, 0.5) is 5.69 Å². The topological polar surface area (TPSA) is 101 Å². The fourth-order valence-corrected chi connectivity index (χ4v) is 3.65. The molecule has 2 heterocycles. The van der Waals surface area contributed by atoms with Crippen molar-refractivity contribution in [1.29, 1.82) is 0 Å². The molecule has 0 fully saturated rings. The van der Waals surface area contributed by atoms with Gasteiger partial charge in [-0.1, -0.05) is 44.5 Å². The van der Waals surface area contributed by atoms with E-state index in [1.54, 1.807) is 41.0 Å². The standard InChI is InChI=1S/C23H22ClN5O3/c1-13(30)32-17-10-8-14(9-11-17)22(31)25-16-7-5-6-15(12-16)20-26-21-18(24)19(23(2,3)4)27-29(21)28-20/h5-12,27H,1-4H3,(H,25,31). The lowest BCUT2D eigenvalue weighted by atomic mass is 9.92. The number of fused-ring (bicyclic) bond motifs is 1. The number of carbonyl (C=O) groups is 2. The molecule has 8 nitrogen and oxygen atoms in total. The second kappa shape index (κ2) is 8.12. The zero-order valence-electron chi connectivity index (χ0n) is 18.1. The lowest BCUT2D eigenvalue weighted by Crippen LogP contribution is -2.13. The molecule has 0 aliphatic heterocycles. The van der Waals surface area contributed by atoms with E-state index >= 15 is 0 Å². The first kappa shape index (κ1) is 21.6. The van der Waals surface area contributed by atoms with Crippen LogP contribution in [0.1, 0.15) is 43.7 Å². The number of hydrogen-bond acceptors (Lipinski definition) is 5. The highest BCUT2D eigenvalue weighted by Crippen LogP contribution is 2.32. The number of nitrogens with one attached hydrogen (secondary N) is 2. The molecular formula is C23H22ClN5O3. The van der Waals surface area contributed by atoms with E-state index in [4.69, 9.17) is 16.3 Å². The maximum absolute atomic E-state index is 12.6. The smallest absolute Gasteiger partial charge is 0.308 e. The summed E-state index contributed by atoms with van der Waals surface area (Å²) < 4.78 is 6.55. The first-order valence-corrected chi connectivity index (χ1v) is 10.3. The van der Waals surface area contributed by atoms with Gasteiger partial charge in [-0.05, 0) is 36.4 Å². The minimum absolute atomic E-state index is 0.166. The van der Waals surface area contributed by atoms with Gasteiger partial charge < -0.3 is 10.1 Å². The van der Waals surface area contributed by atoms with Crippen molar-refractivity contribution in [1.82, 2.24) is 19.8 Å². The molecule has 0 spiro atoms. The Balaban J connectivity index is 1.55. The maximum Gasteiger partial charge on any atom is 0.308 e. The predicted octanol–water partition coefficient (Wildman–Crippen LogP) is 4.85. The molecule has 4 rings (SSSR count). The lowest BCUT2D eigenvalue weighted by Gasteiger charge is -2.16. The van der Waals surface area contributed by atoms with Crippen LogP contribution in [-0.4, -0.2) is 31.7 Å². The van der Waals surface area contributed by atoms with Crippen molar-refractivity contribution in [2.24, 2.45) is 0 Å². The van der Waals surface area contributed by atoms with E-state index in [1.165, 1.54) is 6.92 Å². The molecule has 0 aliphatic carbocycles. The Morgan fingerprint density at radius 3 is 2.47 bits per heavy atom. The highest BCUT2D eigenvalue weighted by atomic mass is 35.5. The van der Waals surface area contributed by atoms with Crippen LogP contribution < -0.4 is 10.1 Å². The molecule has 2 aromatic heterocycles. The van der Waals surface area contributed by atoms with Gasteiger partial charge in [0.1, 0.15) is 10.8 Å². The van der Waals surface area contributed by atoms with Crippen molar-refractivity contribution in [3.8, 4) is 17.1 Å². The first-order chi connectivity index (χ1) is 15.1. The molecule has 32 heavy (non-hydrogen) atoms. The number of H-pyrrole nitrogens is 1. The van der Waals surface area contributed by atoms with E-state index in [1.807, 2.05) is 12.1 Å². The van der Waals surface area contributed by atoms with Crippen LogP contribution in [0.3, 0.4) is 0 Å². The second-order valence-corrected chi connectivity index (χ2v) is 8.75. The molecule has 0 atom stereocenters. The number of nitrogens with zero attached hydrogens (tertiary/aromatic N) is 3. The number of ether oxygens (including phenoxy) is 1. The summed E-state index contributed by atoms with van der Waals surface area (Å²) in [5, 5.41) is 11.1. The molecule has 0 saturated heterocycles. The molecule has 4 aromatic rings.